The van der Waals surface area contributed by atoms with Crippen LogP contribution in [-0.2, 0) is 26.4 Å². The summed E-state index contributed by atoms with van der Waals surface area (Å²) in [6, 6.07) is 7.88. The Kier molecular flexibility index (Phi) is 5.14. The van der Waals surface area contributed by atoms with E-state index >= 15 is 0 Å². The molecule has 25 heavy (non-hydrogen) atoms. The standard InChI is InChI=1S/C16H19N3O4S2/c1-11-5-3-4-6-13(11)15-17-18-16(19(15)2)24-9-14(20)23-12-7-8-25(21,22)10-12/h3-6,12H,7-10H2,1-2H3/t12-/m0/s1. The number of rotatable bonds is 5. The molecule has 0 bridgehead atoms. The van der Waals surface area contributed by atoms with Crippen molar-refractivity contribution in [2.75, 3.05) is 17.3 Å². The molecule has 0 spiro atoms. The molecule has 0 amide bonds. The van der Waals surface area contributed by atoms with E-state index < -0.39 is 21.9 Å². The molecule has 3 rings (SSSR count). The number of hydrogen-bond donors (Lipinski definition) is 0. The second kappa shape index (κ2) is 7.17. The van der Waals surface area contributed by atoms with Gasteiger partial charge in [-0.25, -0.2) is 8.42 Å². The predicted octanol–water partition coefficient (Wildman–Crippen LogP) is 1.61. The summed E-state index contributed by atoms with van der Waals surface area (Å²) in [4.78, 5) is 11.9. The van der Waals surface area contributed by atoms with Crippen LogP contribution in [0.2, 0.25) is 0 Å². The highest BCUT2D eigenvalue weighted by Gasteiger charge is 2.30. The highest BCUT2D eigenvalue weighted by atomic mass is 32.2. The van der Waals surface area contributed by atoms with Crippen LogP contribution in [0.3, 0.4) is 0 Å². The van der Waals surface area contributed by atoms with E-state index in [1.165, 1.54) is 11.8 Å². The Balaban J connectivity index is 1.61. The number of aryl methyl sites for hydroxylation is 1. The third-order valence-corrected chi connectivity index (χ3v) is 6.76. The quantitative estimate of drug-likeness (QED) is 0.574. The van der Waals surface area contributed by atoms with Gasteiger partial charge in [-0.15, -0.1) is 10.2 Å². The average Bonchev–Trinajstić information content (AvgIpc) is 3.08. The van der Waals surface area contributed by atoms with Gasteiger partial charge < -0.3 is 9.30 Å². The third-order valence-electron chi connectivity index (χ3n) is 4.03. The molecule has 1 aliphatic rings. The topological polar surface area (TPSA) is 91.2 Å². The molecular formula is C16H19N3O4S2. The molecule has 2 aromatic rings. The number of aromatic nitrogens is 3. The van der Waals surface area contributed by atoms with Crippen molar-refractivity contribution < 1.29 is 17.9 Å². The van der Waals surface area contributed by atoms with Crippen LogP contribution in [0.25, 0.3) is 11.4 Å². The maximum atomic E-state index is 11.9. The van der Waals surface area contributed by atoms with E-state index in [1.807, 2.05) is 42.8 Å². The second-order valence-electron chi connectivity index (χ2n) is 5.98. The van der Waals surface area contributed by atoms with Gasteiger partial charge in [-0.2, -0.15) is 0 Å². The Morgan fingerprint density at radius 2 is 2.12 bits per heavy atom. The van der Waals surface area contributed by atoms with Crippen molar-refractivity contribution in [1.82, 2.24) is 14.8 Å². The van der Waals surface area contributed by atoms with Gasteiger partial charge in [0.15, 0.2) is 20.8 Å². The second-order valence-corrected chi connectivity index (χ2v) is 9.15. The molecule has 1 fully saturated rings. The SMILES string of the molecule is Cc1ccccc1-c1nnc(SCC(=O)O[C@H]2CCS(=O)(=O)C2)n1C. The zero-order valence-electron chi connectivity index (χ0n) is 14.0. The molecule has 1 aromatic carbocycles. The molecule has 1 aromatic heterocycles. The summed E-state index contributed by atoms with van der Waals surface area (Å²) in [6.07, 6.45) is -0.153. The van der Waals surface area contributed by atoms with Crippen LogP contribution in [0, 0.1) is 6.92 Å². The summed E-state index contributed by atoms with van der Waals surface area (Å²) in [7, 11) is -1.21. The molecule has 134 valence electrons. The zero-order chi connectivity index (χ0) is 18.0. The number of carbonyl (C=O) groups is 1. The van der Waals surface area contributed by atoms with Crippen LogP contribution in [0.4, 0.5) is 0 Å². The van der Waals surface area contributed by atoms with Crippen molar-refractivity contribution in [2.24, 2.45) is 7.05 Å². The molecule has 9 heteroatoms. The Labute approximate surface area is 150 Å². The molecule has 0 saturated carbocycles. The number of thioether (sulfide) groups is 1. The molecule has 1 saturated heterocycles. The van der Waals surface area contributed by atoms with Crippen LogP contribution >= 0.6 is 11.8 Å². The molecule has 2 heterocycles. The highest BCUT2D eigenvalue weighted by Crippen LogP contribution is 2.25. The molecule has 0 N–H and O–H groups in total. The van der Waals surface area contributed by atoms with Gasteiger partial charge in [0.05, 0.1) is 17.3 Å². The summed E-state index contributed by atoms with van der Waals surface area (Å²) >= 11 is 1.23. The lowest BCUT2D eigenvalue weighted by Gasteiger charge is -2.10. The van der Waals surface area contributed by atoms with Crippen LogP contribution in [0.5, 0.6) is 0 Å². The summed E-state index contributed by atoms with van der Waals surface area (Å²) in [5, 5.41) is 8.95. The van der Waals surface area contributed by atoms with Crippen molar-refractivity contribution in [3.05, 3.63) is 29.8 Å². The van der Waals surface area contributed by atoms with E-state index in [4.69, 9.17) is 4.74 Å². The normalized spacial score (nSPS) is 19.0. The van der Waals surface area contributed by atoms with Gasteiger partial charge in [0, 0.05) is 12.6 Å². The first-order valence-corrected chi connectivity index (χ1v) is 10.6. The lowest BCUT2D eigenvalue weighted by Crippen LogP contribution is -2.20. The van der Waals surface area contributed by atoms with Crippen molar-refractivity contribution in [1.29, 1.82) is 0 Å². The number of hydrogen-bond acceptors (Lipinski definition) is 7. The maximum Gasteiger partial charge on any atom is 0.316 e. The van der Waals surface area contributed by atoms with Crippen molar-refractivity contribution >= 4 is 27.6 Å². The summed E-state index contributed by atoms with van der Waals surface area (Å²) in [6.45, 7) is 2.00. The Bertz CT molecular complexity index is 893. The number of esters is 1. The van der Waals surface area contributed by atoms with Gasteiger partial charge in [-0.05, 0) is 18.9 Å². The fraction of sp³-hybridized carbons (Fsp3) is 0.438. The van der Waals surface area contributed by atoms with Gasteiger partial charge >= 0.3 is 5.97 Å². The maximum absolute atomic E-state index is 11.9. The number of ether oxygens (including phenoxy) is 1. The Morgan fingerprint density at radius 3 is 2.80 bits per heavy atom. The van der Waals surface area contributed by atoms with E-state index in [0.717, 1.165) is 17.0 Å². The van der Waals surface area contributed by atoms with Crippen LogP contribution < -0.4 is 0 Å². The molecule has 7 nitrogen and oxygen atoms in total. The Morgan fingerprint density at radius 1 is 1.36 bits per heavy atom. The number of sulfone groups is 1. The average molecular weight is 381 g/mol. The highest BCUT2D eigenvalue weighted by molar-refractivity contribution is 7.99. The summed E-state index contributed by atoms with van der Waals surface area (Å²) in [5.74, 6) is 0.366. The zero-order valence-corrected chi connectivity index (χ0v) is 15.6. The summed E-state index contributed by atoms with van der Waals surface area (Å²) in [5.41, 5.74) is 2.08. The van der Waals surface area contributed by atoms with Gasteiger partial charge in [0.2, 0.25) is 0 Å². The Hall–Kier alpha value is -1.87. The van der Waals surface area contributed by atoms with Crippen molar-refractivity contribution in [3.63, 3.8) is 0 Å². The monoisotopic (exact) mass is 381 g/mol. The number of benzene rings is 1. The van der Waals surface area contributed by atoms with Gasteiger partial charge in [-0.3, -0.25) is 4.79 Å². The smallest absolute Gasteiger partial charge is 0.316 e. The van der Waals surface area contributed by atoms with E-state index in [9.17, 15) is 13.2 Å². The van der Waals surface area contributed by atoms with Gasteiger partial charge in [-0.1, -0.05) is 36.0 Å². The number of nitrogens with zero attached hydrogens (tertiary/aromatic N) is 3. The fourth-order valence-corrected chi connectivity index (χ4v) is 4.98. The van der Waals surface area contributed by atoms with E-state index in [0.29, 0.717) is 11.6 Å². The largest absolute Gasteiger partial charge is 0.461 e. The number of carbonyl (C=O) groups excluding carboxylic acids is 1. The van der Waals surface area contributed by atoms with Crippen molar-refractivity contribution in [3.8, 4) is 11.4 Å². The van der Waals surface area contributed by atoms with Crippen LogP contribution in [-0.4, -0.2) is 52.5 Å². The predicted molar refractivity (Wildman–Crippen MR) is 95.1 cm³/mol. The molecule has 1 atom stereocenters. The molecule has 0 radical (unpaired) electrons. The van der Waals surface area contributed by atoms with Crippen LogP contribution in [0.15, 0.2) is 29.4 Å². The first kappa shape index (κ1) is 17.9. The lowest BCUT2D eigenvalue weighted by atomic mass is 10.1. The first-order valence-electron chi connectivity index (χ1n) is 7.84. The fourth-order valence-electron chi connectivity index (χ4n) is 2.70. The lowest BCUT2D eigenvalue weighted by molar-refractivity contribution is -0.144. The minimum atomic E-state index is -3.06. The third kappa shape index (κ3) is 4.21. The molecule has 1 aliphatic heterocycles. The van der Waals surface area contributed by atoms with Crippen molar-refractivity contribution in [2.45, 2.75) is 24.6 Å². The van der Waals surface area contributed by atoms with E-state index in [-0.39, 0.29) is 17.3 Å². The van der Waals surface area contributed by atoms with Gasteiger partial charge in [0.1, 0.15) is 6.10 Å². The molecule has 0 aliphatic carbocycles. The minimum Gasteiger partial charge on any atom is -0.461 e. The van der Waals surface area contributed by atoms with E-state index in [2.05, 4.69) is 10.2 Å². The minimum absolute atomic E-state index is 0.0658. The van der Waals surface area contributed by atoms with Gasteiger partial charge in [0.25, 0.3) is 0 Å². The van der Waals surface area contributed by atoms with Crippen LogP contribution in [0.1, 0.15) is 12.0 Å². The molecular weight excluding hydrogens is 362 g/mol. The first-order chi connectivity index (χ1) is 11.9. The summed E-state index contributed by atoms with van der Waals surface area (Å²) < 4.78 is 29.8. The van der Waals surface area contributed by atoms with E-state index in [1.54, 1.807) is 0 Å². The molecule has 0 unspecified atom stereocenters.